The molecule has 2 rings (SSSR count). The number of pyridine rings is 1. The third-order valence-electron chi connectivity index (χ3n) is 2.29. The molecule has 0 aliphatic heterocycles. The molecule has 1 aromatic heterocycles. The first-order valence-electron chi connectivity index (χ1n) is 5.21. The third kappa shape index (κ3) is 2.35. The first-order valence-corrected chi connectivity index (χ1v) is 5.21. The highest BCUT2D eigenvalue weighted by molar-refractivity contribution is 5.80. The van der Waals surface area contributed by atoms with Crippen LogP contribution in [0.2, 0.25) is 0 Å². The second-order valence-corrected chi connectivity index (χ2v) is 3.45. The molecule has 0 spiro atoms. The number of fused-ring (bicyclic) bond motifs is 1. The van der Waals surface area contributed by atoms with E-state index in [1.807, 2.05) is 24.3 Å². The lowest BCUT2D eigenvalue weighted by atomic mass is 10.1. The molecule has 0 amide bonds. The number of aromatic nitrogens is 1. The van der Waals surface area contributed by atoms with Crippen LogP contribution in [0.1, 0.15) is 12.0 Å². The van der Waals surface area contributed by atoms with Crippen molar-refractivity contribution in [2.45, 2.75) is 6.42 Å². The summed E-state index contributed by atoms with van der Waals surface area (Å²) in [6.45, 7) is 0.372. The summed E-state index contributed by atoms with van der Waals surface area (Å²) in [6, 6.07) is 11.4. The molecule has 2 aromatic rings. The number of terminal acetylenes is 1. The van der Waals surface area contributed by atoms with Gasteiger partial charge in [0.1, 0.15) is 18.2 Å². The molecular weight excluding hydrogens is 212 g/mol. The van der Waals surface area contributed by atoms with Crippen LogP contribution in [0.25, 0.3) is 10.9 Å². The van der Waals surface area contributed by atoms with E-state index in [4.69, 9.17) is 16.4 Å². The molecule has 0 unspecified atom stereocenters. The summed E-state index contributed by atoms with van der Waals surface area (Å²) in [6.07, 6.45) is 5.64. The lowest BCUT2D eigenvalue weighted by Crippen LogP contribution is -2.00. The Labute approximate surface area is 99.7 Å². The highest BCUT2D eigenvalue weighted by atomic mass is 16.5. The minimum absolute atomic E-state index is 0.349. The van der Waals surface area contributed by atoms with E-state index in [-0.39, 0.29) is 0 Å². The second-order valence-electron chi connectivity index (χ2n) is 3.45. The van der Waals surface area contributed by atoms with Crippen LogP contribution in [0.4, 0.5) is 0 Å². The third-order valence-corrected chi connectivity index (χ3v) is 2.29. The molecule has 0 saturated heterocycles. The summed E-state index contributed by atoms with van der Waals surface area (Å²) in [7, 11) is 0. The number of benzene rings is 1. The van der Waals surface area contributed by atoms with E-state index in [2.05, 4.69) is 17.0 Å². The normalized spacial score (nSPS) is 9.53. The van der Waals surface area contributed by atoms with Gasteiger partial charge in [-0.1, -0.05) is 18.2 Å². The first kappa shape index (κ1) is 11.0. The Kier molecular flexibility index (Phi) is 3.23. The van der Waals surface area contributed by atoms with E-state index in [0.717, 1.165) is 10.9 Å². The van der Waals surface area contributed by atoms with E-state index in [0.29, 0.717) is 24.5 Å². The van der Waals surface area contributed by atoms with Gasteiger partial charge < -0.3 is 4.74 Å². The molecule has 1 heterocycles. The highest BCUT2D eigenvalue weighted by Gasteiger charge is 2.07. The zero-order chi connectivity index (χ0) is 12.1. The van der Waals surface area contributed by atoms with E-state index in [9.17, 15) is 0 Å². The van der Waals surface area contributed by atoms with Gasteiger partial charge in [-0.2, -0.15) is 5.26 Å². The van der Waals surface area contributed by atoms with Crippen molar-refractivity contribution in [2.24, 2.45) is 0 Å². The van der Waals surface area contributed by atoms with Gasteiger partial charge in [0.15, 0.2) is 0 Å². The van der Waals surface area contributed by atoms with Gasteiger partial charge in [0.25, 0.3) is 0 Å². The van der Waals surface area contributed by atoms with Crippen molar-refractivity contribution in [3.05, 3.63) is 35.9 Å². The van der Waals surface area contributed by atoms with E-state index >= 15 is 0 Å². The van der Waals surface area contributed by atoms with Crippen LogP contribution in [0, 0.1) is 23.7 Å². The van der Waals surface area contributed by atoms with Gasteiger partial charge in [-0.3, -0.25) is 0 Å². The van der Waals surface area contributed by atoms with Crippen molar-refractivity contribution in [1.29, 1.82) is 5.26 Å². The van der Waals surface area contributed by atoms with Crippen LogP contribution < -0.4 is 4.74 Å². The maximum atomic E-state index is 9.02. The molecule has 0 saturated carbocycles. The Morgan fingerprint density at radius 1 is 1.35 bits per heavy atom. The number of rotatable bonds is 3. The summed E-state index contributed by atoms with van der Waals surface area (Å²) in [4.78, 5) is 4.30. The standard InChI is InChI=1S/C14H10N2O/c1-2-3-8-17-14-12(10-15)9-11-6-4-5-7-13(11)16-14/h1,4-7,9H,3,8H2. The molecule has 0 bridgehead atoms. The van der Waals surface area contributed by atoms with Gasteiger partial charge in [0, 0.05) is 11.8 Å². The zero-order valence-corrected chi connectivity index (χ0v) is 9.18. The Bertz CT molecular complexity index is 620. The van der Waals surface area contributed by atoms with Crippen LogP contribution in [0.15, 0.2) is 30.3 Å². The number of ether oxygens (including phenoxy) is 1. The van der Waals surface area contributed by atoms with E-state index < -0.39 is 0 Å². The van der Waals surface area contributed by atoms with Crippen molar-refractivity contribution in [3.8, 4) is 24.3 Å². The molecule has 17 heavy (non-hydrogen) atoms. The van der Waals surface area contributed by atoms with Gasteiger partial charge in [-0.05, 0) is 12.1 Å². The molecule has 0 atom stereocenters. The molecule has 0 fully saturated rings. The predicted octanol–water partition coefficient (Wildman–Crippen LogP) is 2.51. The summed E-state index contributed by atoms with van der Waals surface area (Å²) < 4.78 is 5.40. The zero-order valence-electron chi connectivity index (χ0n) is 9.18. The molecular formula is C14H10N2O. The molecule has 0 radical (unpaired) electrons. The number of hydrogen-bond donors (Lipinski definition) is 0. The van der Waals surface area contributed by atoms with E-state index in [1.54, 1.807) is 6.07 Å². The van der Waals surface area contributed by atoms with E-state index in [1.165, 1.54) is 0 Å². The summed E-state index contributed by atoms with van der Waals surface area (Å²) >= 11 is 0. The van der Waals surface area contributed by atoms with Gasteiger partial charge in [-0.25, -0.2) is 4.98 Å². The van der Waals surface area contributed by atoms with Crippen molar-refractivity contribution in [1.82, 2.24) is 4.98 Å². The molecule has 1 aromatic carbocycles. The topological polar surface area (TPSA) is 45.9 Å². The maximum Gasteiger partial charge on any atom is 0.232 e. The van der Waals surface area contributed by atoms with Crippen LogP contribution >= 0.6 is 0 Å². The number of nitrogens with zero attached hydrogens (tertiary/aromatic N) is 2. The fourth-order valence-corrected chi connectivity index (χ4v) is 1.50. The quantitative estimate of drug-likeness (QED) is 0.592. The Morgan fingerprint density at radius 2 is 2.18 bits per heavy atom. The average Bonchev–Trinajstić information content (AvgIpc) is 2.38. The van der Waals surface area contributed by atoms with Crippen LogP contribution in [-0.2, 0) is 0 Å². The highest BCUT2D eigenvalue weighted by Crippen LogP contribution is 2.21. The fourth-order valence-electron chi connectivity index (χ4n) is 1.50. The van der Waals surface area contributed by atoms with Crippen molar-refractivity contribution in [3.63, 3.8) is 0 Å². The number of nitriles is 1. The molecule has 3 nitrogen and oxygen atoms in total. The second kappa shape index (κ2) is 5.01. The Balaban J connectivity index is 2.40. The lowest BCUT2D eigenvalue weighted by molar-refractivity contribution is 0.315. The Hall–Kier alpha value is -2.52. The van der Waals surface area contributed by atoms with Gasteiger partial charge in [0.2, 0.25) is 5.88 Å². The smallest absolute Gasteiger partial charge is 0.232 e. The van der Waals surface area contributed by atoms with Crippen molar-refractivity contribution >= 4 is 10.9 Å². The van der Waals surface area contributed by atoms with Crippen molar-refractivity contribution < 1.29 is 4.74 Å². The molecule has 3 heteroatoms. The SMILES string of the molecule is C#CCCOc1nc2ccccc2cc1C#N. The molecule has 0 N–H and O–H groups in total. The number of hydrogen-bond acceptors (Lipinski definition) is 3. The predicted molar refractivity (Wildman–Crippen MR) is 65.4 cm³/mol. The molecule has 82 valence electrons. The monoisotopic (exact) mass is 222 g/mol. The summed E-state index contributed by atoms with van der Waals surface area (Å²) in [5, 5.41) is 9.95. The largest absolute Gasteiger partial charge is 0.476 e. The molecule has 0 aliphatic carbocycles. The number of para-hydroxylation sites is 1. The minimum Gasteiger partial charge on any atom is -0.476 e. The maximum absolute atomic E-state index is 9.02. The minimum atomic E-state index is 0.349. The van der Waals surface area contributed by atoms with Crippen LogP contribution in [0.5, 0.6) is 5.88 Å². The fraction of sp³-hybridized carbons (Fsp3) is 0.143. The van der Waals surface area contributed by atoms with Crippen molar-refractivity contribution in [2.75, 3.05) is 6.61 Å². The van der Waals surface area contributed by atoms with Crippen LogP contribution in [0.3, 0.4) is 0 Å². The van der Waals surface area contributed by atoms with Gasteiger partial charge in [-0.15, -0.1) is 12.3 Å². The first-order chi connectivity index (χ1) is 8.35. The van der Waals surface area contributed by atoms with Gasteiger partial charge >= 0.3 is 0 Å². The van der Waals surface area contributed by atoms with Crippen LogP contribution in [-0.4, -0.2) is 11.6 Å². The summed E-state index contributed by atoms with van der Waals surface area (Å²) in [5.74, 6) is 2.83. The molecule has 0 aliphatic rings. The van der Waals surface area contributed by atoms with Gasteiger partial charge in [0.05, 0.1) is 5.52 Å². The Morgan fingerprint density at radius 3 is 2.94 bits per heavy atom. The average molecular weight is 222 g/mol. The lowest BCUT2D eigenvalue weighted by Gasteiger charge is -2.06. The summed E-state index contributed by atoms with van der Waals surface area (Å²) in [5.41, 5.74) is 1.24.